The Bertz CT molecular complexity index is 621. The van der Waals surface area contributed by atoms with Gasteiger partial charge in [-0.3, -0.25) is 9.59 Å². The molecule has 1 aliphatic rings. The van der Waals surface area contributed by atoms with Gasteiger partial charge in [0.25, 0.3) is 5.91 Å². The molecule has 0 spiro atoms. The Balaban J connectivity index is 2.23. The zero-order valence-electron chi connectivity index (χ0n) is 14.8. The Morgan fingerprint density at radius 3 is 2.61 bits per heavy atom. The van der Waals surface area contributed by atoms with Crippen LogP contribution in [0.2, 0.25) is 0 Å². The largest absolute Gasteiger partial charge is 0.378 e. The van der Waals surface area contributed by atoms with Crippen molar-refractivity contribution in [1.82, 2.24) is 9.47 Å². The van der Waals surface area contributed by atoms with Gasteiger partial charge in [0.2, 0.25) is 5.56 Å². The lowest BCUT2D eigenvalue weighted by atomic mass is 9.63. The van der Waals surface area contributed by atoms with Gasteiger partial charge < -0.3 is 14.2 Å². The third-order valence-corrected chi connectivity index (χ3v) is 4.93. The van der Waals surface area contributed by atoms with Crippen molar-refractivity contribution in [3.63, 3.8) is 0 Å². The van der Waals surface area contributed by atoms with Crippen LogP contribution >= 0.6 is 0 Å². The molecule has 2 atom stereocenters. The molecule has 2 unspecified atom stereocenters. The first kappa shape index (κ1) is 17.7. The van der Waals surface area contributed by atoms with Crippen molar-refractivity contribution in [2.75, 3.05) is 13.2 Å². The van der Waals surface area contributed by atoms with E-state index in [9.17, 15) is 9.59 Å². The predicted octanol–water partition coefficient (Wildman–Crippen LogP) is 2.44. The molecule has 1 aliphatic carbocycles. The molecule has 1 aromatic heterocycles. The summed E-state index contributed by atoms with van der Waals surface area (Å²) in [4.78, 5) is 26.4. The van der Waals surface area contributed by atoms with Crippen molar-refractivity contribution in [2.45, 2.75) is 52.7 Å². The Hall–Kier alpha value is -1.62. The number of pyridine rings is 1. The molecule has 0 aliphatic heterocycles. The fourth-order valence-corrected chi connectivity index (χ4v) is 3.40. The van der Waals surface area contributed by atoms with Crippen LogP contribution in [0.5, 0.6) is 0 Å². The SMILES string of the molecule is CCCN(C(=O)c1ccc(=O)n(C)c1)C1CC(OCC)C1(C)C. The lowest BCUT2D eigenvalue weighted by Gasteiger charge is -2.55. The molecule has 0 radical (unpaired) electrons. The highest BCUT2D eigenvalue weighted by Crippen LogP contribution is 2.46. The smallest absolute Gasteiger partial charge is 0.255 e. The highest BCUT2D eigenvalue weighted by molar-refractivity contribution is 5.94. The van der Waals surface area contributed by atoms with Crippen molar-refractivity contribution in [3.8, 4) is 0 Å². The maximum absolute atomic E-state index is 13.0. The number of amides is 1. The van der Waals surface area contributed by atoms with Crippen LogP contribution in [0.15, 0.2) is 23.1 Å². The molecule has 128 valence electrons. The molecular formula is C18H28N2O3. The number of carbonyl (C=O) groups is 1. The van der Waals surface area contributed by atoms with E-state index in [0.29, 0.717) is 18.7 Å². The molecule has 2 rings (SSSR count). The lowest BCUT2D eigenvalue weighted by molar-refractivity contribution is -0.140. The van der Waals surface area contributed by atoms with Gasteiger partial charge in [-0.25, -0.2) is 0 Å². The van der Waals surface area contributed by atoms with Gasteiger partial charge in [0.15, 0.2) is 0 Å². The Morgan fingerprint density at radius 1 is 1.39 bits per heavy atom. The van der Waals surface area contributed by atoms with Crippen molar-refractivity contribution in [1.29, 1.82) is 0 Å². The second kappa shape index (κ2) is 6.87. The molecule has 0 saturated heterocycles. The molecule has 1 amide bonds. The molecule has 0 bridgehead atoms. The van der Waals surface area contributed by atoms with Gasteiger partial charge in [-0.2, -0.15) is 0 Å². The van der Waals surface area contributed by atoms with Gasteiger partial charge >= 0.3 is 0 Å². The summed E-state index contributed by atoms with van der Waals surface area (Å²) in [5.74, 6) is -0.00419. The van der Waals surface area contributed by atoms with Crippen molar-refractivity contribution in [3.05, 3.63) is 34.2 Å². The second-order valence-corrected chi connectivity index (χ2v) is 6.88. The highest BCUT2D eigenvalue weighted by atomic mass is 16.5. The van der Waals surface area contributed by atoms with Crippen LogP contribution in [0.4, 0.5) is 0 Å². The van der Waals surface area contributed by atoms with Crippen molar-refractivity contribution in [2.24, 2.45) is 12.5 Å². The van der Waals surface area contributed by atoms with Crippen LogP contribution in [-0.4, -0.2) is 40.7 Å². The van der Waals surface area contributed by atoms with Gasteiger partial charge in [0.1, 0.15) is 0 Å². The van der Waals surface area contributed by atoms with E-state index in [4.69, 9.17) is 4.74 Å². The van der Waals surface area contributed by atoms with Gasteiger partial charge in [-0.15, -0.1) is 0 Å². The maximum atomic E-state index is 13.0. The number of rotatable bonds is 6. The Morgan fingerprint density at radius 2 is 2.09 bits per heavy atom. The van der Waals surface area contributed by atoms with E-state index in [-0.39, 0.29) is 29.0 Å². The van der Waals surface area contributed by atoms with Crippen LogP contribution in [0.25, 0.3) is 0 Å². The minimum atomic E-state index is -0.107. The molecule has 1 heterocycles. The minimum Gasteiger partial charge on any atom is -0.378 e. The van der Waals surface area contributed by atoms with Gasteiger partial charge in [0.05, 0.1) is 11.7 Å². The molecule has 1 fully saturated rings. The maximum Gasteiger partial charge on any atom is 0.255 e. The van der Waals surface area contributed by atoms with E-state index in [2.05, 4.69) is 20.8 Å². The summed E-state index contributed by atoms with van der Waals surface area (Å²) in [5.41, 5.74) is 0.404. The fourth-order valence-electron chi connectivity index (χ4n) is 3.40. The average molecular weight is 320 g/mol. The Kier molecular flexibility index (Phi) is 5.30. The van der Waals surface area contributed by atoms with E-state index in [1.54, 1.807) is 19.3 Å². The summed E-state index contributed by atoms with van der Waals surface area (Å²) in [6, 6.07) is 3.24. The van der Waals surface area contributed by atoms with Crippen molar-refractivity contribution < 1.29 is 9.53 Å². The van der Waals surface area contributed by atoms with E-state index < -0.39 is 0 Å². The Labute approximate surface area is 138 Å². The highest BCUT2D eigenvalue weighted by Gasteiger charge is 2.52. The van der Waals surface area contributed by atoms with Crippen LogP contribution in [0.3, 0.4) is 0 Å². The summed E-state index contributed by atoms with van der Waals surface area (Å²) in [7, 11) is 1.67. The predicted molar refractivity (Wildman–Crippen MR) is 90.6 cm³/mol. The summed E-state index contributed by atoms with van der Waals surface area (Å²) >= 11 is 0. The molecule has 1 aromatic rings. The first-order valence-corrected chi connectivity index (χ1v) is 8.42. The van der Waals surface area contributed by atoms with E-state index >= 15 is 0 Å². The number of aryl methyl sites for hydroxylation is 1. The van der Waals surface area contributed by atoms with Crippen molar-refractivity contribution >= 4 is 5.91 Å². The zero-order valence-corrected chi connectivity index (χ0v) is 14.8. The topological polar surface area (TPSA) is 51.5 Å². The summed E-state index contributed by atoms with van der Waals surface area (Å²) in [6.07, 6.45) is 3.60. The summed E-state index contributed by atoms with van der Waals surface area (Å²) in [5, 5.41) is 0. The molecule has 5 heteroatoms. The zero-order chi connectivity index (χ0) is 17.2. The number of hydrogen-bond donors (Lipinski definition) is 0. The average Bonchev–Trinajstić information content (AvgIpc) is 2.51. The van der Waals surface area contributed by atoms with Crippen LogP contribution in [0.1, 0.15) is 50.9 Å². The van der Waals surface area contributed by atoms with Crippen LogP contribution < -0.4 is 5.56 Å². The van der Waals surface area contributed by atoms with Crippen LogP contribution in [0, 0.1) is 5.41 Å². The fraction of sp³-hybridized carbons (Fsp3) is 0.667. The van der Waals surface area contributed by atoms with Gasteiger partial charge in [-0.1, -0.05) is 20.8 Å². The summed E-state index contributed by atoms with van der Waals surface area (Å²) in [6.45, 7) is 9.82. The second-order valence-electron chi connectivity index (χ2n) is 6.88. The normalized spacial score (nSPS) is 22.5. The third kappa shape index (κ3) is 3.34. The number of hydrogen-bond acceptors (Lipinski definition) is 3. The quantitative estimate of drug-likeness (QED) is 0.809. The first-order valence-electron chi connectivity index (χ1n) is 8.42. The standard InChI is InChI=1S/C18H28N2O3/c1-6-10-20(14-11-15(23-7-2)18(14,3)4)17(22)13-8-9-16(21)19(5)12-13/h8-9,12,14-15H,6-7,10-11H2,1-5H3. The third-order valence-electron chi connectivity index (χ3n) is 4.93. The molecule has 0 aromatic carbocycles. The van der Waals surface area contributed by atoms with Gasteiger partial charge in [-0.05, 0) is 25.8 Å². The number of aromatic nitrogens is 1. The molecule has 5 nitrogen and oxygen atoms in total. The van der Waals surface area contributed by atoms with Gasteiger partial charge in [0, 0.05) is 43.9 Å². The minimum absolute atomic E-state index is 0.00419. The molecule has 23 heavy (non-hydrogen) atoms. The monoisotopic (exact) mass is 320 g/mol. The van der Waals surface area contributed by atoms with Crippen LogP contribution in [-0.2, 0) is 11.8 Å². The number of carbonyl (C=O) groups excluding carboxylic acids is 1. The molecular weight excluding hydrogens is 292 g/mol. The summed E-state index contributed by atoms with van der Waals surface area (Å²) < 4.78 is 7.24. The van der Waals surface area contributed by atoms with E-state index in [0.717, 1.165) is 12.8 Å². The lowest BCUT2D eigenvalue weighted by Crippen LogP contribution is -2.63. The molecule has 1 saturated carbocycles. The number of nitrogens with zero attached hydrogens (tertiary/aromatic N) is 2. The molecule has 0 N–H and O–H groups in total. The number of ether oxygens (including phenoxy) is 1. The first-order chi connectivity index (χ1) is 10.8. The van der Waals surface area contributed by atoms with E-state index in [1.165, 1.54) is 10.6 Å². The van der Waals surface area contributed by atoms with E-state index in [1.807, 2.05) is 11.8 Å².